The number of benzene rings is 1. The van der Waals surface area contributed by atoms with Crippen LogP contribution < -0.4 is 7.85 Å². The number of anilines is 1. The Morgan fingerprint density at radius 3 is 2.33 bits per heavy atom. The first-order valence-electron chi connectivity index (χ1n) is 3.85. The van der Waals surface area contributed by atoms with E-state index in [1.165, 1.54) is 5.69 Å². The van der Waals surface area contributed by atoms with Gasteiger partial charge >= 0.3 is 0 Å². The molecule has 0 bridgehead atoms. The number of ether oxygens (including phenoxy) is 1. The van der Waals surface area contributed by atoms with Gasteiger partial charge in [-0.15, -0.1) is 0 Å². The Kier molecular flexibility index (Phi) is 3.65. The summed E-state index contributed by atoms with van der Waals surface area (Å²) in [6.45, 7) is 3.13. The lowest BCUT2D eigenvalue weighted by Crippen LogP contribution is -2.06. The Morgan fingerprint density at radius 1 is 1.33 bits per heavy atom. The zero-order chi connectivity index (χ0) is 8.97. The second kappa shape index (κ2) is 4.54. The summed E-state index contributed by atoms with van der Waals surface area (Å²) < 4.78 is 7.21. The van der Waals surface area contributed by atoms with Gasteiger partial charge in [-0.3, -0.25) is 0 Å². The van der Waals surface area contributed by atoms with Gasteiger partial charge in [-0.25, -0.2) is 0 Å². The van der Waals surface area contributed by atoms with Gasteiger partial charge in [0.1, 0.15) is 5.75 Å². The van der Waals surface area contributed by atoms with Gasteiger partial charge in [0.15, 0.2) is 0 Å². The zero-order valence-corrected chi connectivity index (χ0v) is 9.41. The lowest BCUT2D eigenvalue weighted by molar-refractivity contribution is 0.415. The highest BCUT2D eigenvalue weighted by molar-refractivity contribution is 14.1. The Morgan fingerprint density at radius 2 is 1.92 bits per heavy atom. The predicted octanol–water partition coefficient (Wildman–Crippen LogP) is 2.87. The molecular weight excluding hydrogens is 265 g/mol. The largest absolute Gasteiger partial charge is 0.497 e. The Balaban J connectivity index is 2.77. The summed E-state index contributed by atoms with van der Waals surface area (Å²) in [5.41, 5.74) is 1.21. The fourth-order valence-corrected chi connectivity index (χ4v) is 1.25. The molecule has 0 N–H and O–H groups in total. The molecule has 0 aromatic heterocycles. The van der Waals surface area contributed by atoms with Crippen LogP contribution in [0.4, 0.5) is 5.69 Å². The van der Waals surface area contributed by atoms with Crippen LogP contribution in [-0.4, -0.2) is 13.7 Å². The highest BCUT2D eigenvalue weighted by Gasteiger charge is 1.98. The summed E-state index contributed by atoms with van der Waals surface area (Å²) in [4.78, 5) is 0. The van der Waals surface area contributed by atoms with Crippen molar-refractivity contribution >= 4 is 28.6 Å². The van der Waals surface area contributed by atoms with Crippen molar-refractivity contribution in [1.29, 1.82) is 0 Å². The molecular formula is C9H12INO. The molecule has 0 atom stereocenters. The van der Waals surface area contributed by atoms with E-state index >= 15 is 0 Å². The average Bonchev–Trinajstić information content (AvgIpc) is 2.17. The highest BCUT2D eigenvalue weighted by Crippen LogP contribution is 2.21. The molecule has 0 fully saturated rings. The van der Waals surface area contributed by atoms with E-state index in [1.54, 1.807) is 7.11 Å². The second-order valence-corrected chi connectivity index (χ2v) is 3.54. The van der Waals surface area contributed by atoms with Crippen LogP contribution >= 0.6 is 22.9 Å². The SMILES string of the molecule is CCN(I)c1ccc(OC)cc1. The number of hydrogen-bond acceptors (Lipinski definition) is 2. The summed E-state index contributed by atoms with van der Waals surface area (Å²) in [6, 6.07) is 8.04. The van der Waals surface area contributed by atoms with Crippen LogP contribution in [0, 0.1) is 0 Å². The number of rotatable bonds is 3. The third-order valence-corrected chi connectivity index (χ3v) is 2.87. The maximum Gasteiger partial charge on any atom is 0.119 e. The van der Waals surface area contributed by atoms with Crippen LogP contribution in [0.1, 0.15) is 6.92 Å². The molecule has 2 nitrogen and oxygen atoms in total. The van der Waals surface area contributed by atoms with Crippen molar-refractivity contribution in [3.8, 4) is 5.75 Å². The normalized spacial score (nSPS) is 9.58. The van der Waals surface area contributed by atoms with Crippen molar-refractivity contribution in [2.24, 2.45) is 0 Å². The lowest BCUT2D eigenvalue weighted by atomic mass is 10.3. The molecule has 3 heteroatoms. The van der Waals surface area contributed by atoms with Gasteiger partial charge in [0.25, 0.3) is 0 Å². The Hall–Kier alpha value is -0.450. The molecule has 1 rings (SSSR count). The van der Waals surface area contributed by atoms with Crippen molar-refractivity contribution in [3.05, 3.63) is 24.3 Å². The molecule has 0 heterocycles. The van der Waals surface area contributed by atoms with Gasteiger partial charge in [0.2, 0.25) is 0 Å². The van der Waals surface area contributed by atoms with Crippen molar-refractivity contribution in [2.45, 2.75) is 6.92 Å². The summed E-state index contributed by atoms with van der Waals surface area (Å²) in [5, 5.41) is 0. The van der Waals surface area contributed by atoms with Gasteiger partial charge in [-0.05, 0) is 31.2 Å². The molecule has 0 unspecified atom stereocenters. The fraction of sp³-hybridized carbons (Fsp3) is 0.333. The summed E-state index contributed by atoms with van der Waals surface area (Å²) in [7, 11) is 1.68. The monoisotopic (exact) mass is 277 g/mol. The molecule has 12 heavy (non-hydrogen) atoms. The Labute approximate surface area is 87.0 Å². The highest BCUT2D eigenvalue weighted by atomic mass is 127. The predicted molar refractivity (Wildman–Crippen MR) is 60.0 cm³/mol. The topological polar surface area (TPSA) is 12.5 Å². The van der Waals surface area contributed by atoms with E-state index in [0.29, 0.717) is 0 Å². The standard InChI is InChI=1S/C9H12INO/c1-3-11(10)8-4-6-9(12-2)7-5-8/h4-7H,3H2,1-2H3. The van der Waals surface area contributed by atoms with E-state index in [9.17, 15) is 0 Å². The third-order valence-electron chi connectivity index (χ3n) is 1.63. The molecule has 1 aromatic carbocycles. The molecule has 0 radical (unpaired) electrons. The fourth-order valence-electron chi connectivity index (χ4n) is 0.927. The quantitative estimate of drug-likeness (QED) is 0.622. The maximum absolute atomic E-state index is 5.06. The van der Waals surface area contributed by atoms with Gasteiger partial charge in [-0.1, -0.05) is 0 Å². The molecule has 0 saturated carbocycles. The van der Waals surface area contributed by atoms with E-state index in [0.717, 1.165) is 12.3 Å². The maximum atomic E-state index is 5.06. The first kappa shape index (κ1) is 9.64. The van der Waals surface area contributed by atoms with Crippen molar-refractivity contribution in [2.75, 3.05) is 16.8 Å². The molecule has 0 aliphatic carbocycles. The van der Waals surface area contributed by atoms with Crippen molar-refractivity contribution in [3.63, 3.8) is 0 Å². The van der Waals surface area contributed by atoms with E-state index in [4.69, 9.17) is 4.74 Å². The van der Waals surface area contributed by atoms with Crippen LogP contribution in [-0.2, 0) is 0 Å². The first-order valence-corrected chi connectivity index (χ1v) is 4.81. The van der Waals surface area contributed by atoms with Crippen molar-refractivity contribution in [1.82, 2.24) is 0 Å². The summed E-state index contributed by atoms with van der Waals surface area (Å²) in [6.07, 6.45) is 0. The summed E-state index contributed by atoms with van der Waals surface area (Å²) in [5.74, 6) is 0.902. The molecule has 1 aromatic rings. The number of methoxy groups -OCH3 is 1. The first-order chi connectivity index (χ1) is 5.77. The smallest absolute Gasteiger partial charge is 0.119 e. The molecule has 66 valence electrons. The second-order valence-electron chi connectivity index (χ2n) is 2.38. The minimum Gasteiger partial charge on any atom is -0.497 e. The number of hydrogen-bond donors (Lipinski definition) is 0. The van der Waals surface area contributed by atoms with E-state index in [1.807, 2.05) is 12.1 Å². The van der Waals surface area contributed by atoms with Crippen LogP contribution in [0.25, 0.3) is 0 Å². The van der Waals surface area contributed by atoms with Gasteiger partial charge in [0, 0.05) is 12.2 Å². The third kappa shape index (κ3) is 2.27. The van der Waals surface area contributed by atoms with Crippen LogP contribution in [0.15, 0.2) is 24.3 Å². The van der Waals surface area contributed by atoms with Gasteiger partial charge in [-0.2, -0.15) is 0 Å². The summed E-state index contributed by atoms with van der Waals surface area (Å²) >= 11 is 2.29. The Bertz CT molecular complexity index is 235. The van der Waals surface area contributed by atoms with Gasteiger partial charge in [0.05, 0.1) is 30.0 Å². The zero-order valence-electron chi connectivity index (χ0n) is 7.25. The number of nitrogens with zero attached hydrogens (tertiary/aromatic N) is 1. The molecule has 0 aliphatic heterocycles. The van der Waals surface area contributed by atoms with Crippen molar-refractivity contribution < 1.29 is 4.74 Å². The van der Waals surface area contributed by atoms with Crippen LogP contribution in [0.3, 0.4) is 0 Å². The molecule has 0 saturated heterocycles. The number of halogens is 1. The van der Waals surface area contributed by atoms with E-state index in [-0.39, 0.29) is 0 Å². The molecule has 0 aliphatic rings. The lowest BCUT2D eigenvalue weighted by Gasteiger charge is -2.13. The van der Waals surface area contributed by atoms with Crippen LogP contribution in [0.2, 0.25) is 0 Å². The molecule has 0 spiro atoms. The minimum absolute atomic E-state index is 0.902. The molecule has 0 amide bonds. The van der Waals surface area contributed by atoms with E-state index < -0.39 is 0 Å². The minimum atomic E-state index is 0.902. The van der Waals surface area contributed by atoms with E-state index in [2.05, 4.69) is 45.0 Å². The van der Waals surface area contributed by atoms with Crippen LogP contribution in [0.5, 0.6) is 5.75 Å². The van der Waals surface area contributed by atoms with Gasteiger partial charge < -0.3 is 7.85 Å². The average molecular weight is 277 g/mol.